The van der Waals surface area contributed by atoms with E-state index in [2.05, 4.69) is 98.8 Å². The molecule has 4 aromatic carbocycles. The fraction of sp³-hybridized carbons (Fsp3) is 0.442. The van der Waals surface area contributed by atoms with Crippen LogP contribution in [0, 0.1) is 0 Å². The third-order valence-electron chi connectivity index (χ3n) is 9.68. The minimum atomic E-state index is -0.537. The van der Waals surface area contributed by atoms with Crippen molar-refractivity contribution in [3.63, 3.8) is 0 Å². The van der Waals surface area contributed by atoms with Crippen molar-refractivity contribution >= 4 is 23.2 Å². The lowest BCUT2D eigenvalue weighted by Crippen LogP contribution is -2.29. The molecule has 2 nitrogen and oxygen atoms in total. The van der Waals surface area contributed by atoms with Crippen molar-refractivity contribution in [2.75, 3.05) is 13.2 Å². The third kappa shape index (κ3) is 8.38. The predicted molar refractivity (Wildman–Crippen MR) is 201 cm³/mol. The second kappa shape index (κ2) is 18.0. The number of rotatable bonds is 20. The molecule has 0 aliphatic heterocycles. The molecule has 0 heterocycles. The molecule has 0 fully saturated rings. The number of alkyl halides is 2. The number of halogens is 2. The summed E-state index contributed by atoms with van der Waals surface area (Å²) in [6.45, 7) is 6.02. The molecule has 0 spiro atoms. The van der Waals surface area contributed by atoms with Gasteiger partial charge in [0.15, 0.2) is 0 Å². The molecule has 4 heteroatoms. The van der Waals surface area contributed by atoms with Gasteiger partial charge in [0.1, 0.15) is 11.5 Å². The molecule has 0 amide bonds. The summed E-state index contributed by atoms with van der Waals surface area (Å²) in [5.74, 6) is 2.75. The van der Waals surface area contributed by atoms with Crippen LogP contribution in [-0.2, 0) is 17.2 Å². The van der Waals surface area contributed by atoms with Gasteiger partial charge < -0.3 is 9.47 Å². The summed E-state index contributed by atoms with van der Waals surface area (Å²) in [5, 5.41) is 0. The van der Waals surface area contributed by atoms with E-state index >= 15 is 0 Å². The summed E-state index contributed by atoms with van der Waals surface area (Å²) in [7, 11) is 0. The zero-order chi connectivity index (χ0) is 32.9. The molecular weight excluding hydrogens is 619 g/mol. The SMILES string of the molecule is CCCCCCCCOc1ccc(C2(c3ccc(OCCCCCCCC)cc3)c3cc(CCl)ccc3-c3ccc(CCl)cc32)cc1. The Morgan fingerprint density at radius 3 is 1.23 bits per heavy atom. The Labute approximate surface area is 293 Å². The average molecular weight is 672 g/mol. The smallest absolute Gasteiger partial charge is 0.119 e. The number of unbranched alkanes of at least 4 members (excludes halogenated alkanes) is 10. The van der Waals surface area contributed by atoms with Crippen molar-refractivity contribution < 1.29 is 9.47 Å². The highest BCUT2D eigenvalue weighted by Gasteiger charge is 2.46. The molecule has 0 bridgehead atoms. The van der Waals surface area contributed by atoms with Crippen molar-refractivity contribution in [3.8, 4) is 22.6 Å². The largest absolute Gasteiger partial charge is 0.494 e. The normalized spacial score (nSPS) is 12.9. The van der Waals surface area contributed by atoms with Crippen molar-refractivity contribution in [1.82, 2.24) is 0 Å². The van der Waals surface area contributed by atoms with Gasteiger partial charge in [-0.05, 0) is 81.6 Å². The highest BCUT2D eigenvalue weighted by atomic mass is 35.5. The van der Waals surface area contributed by atoms with Gasteiger partial charge >= 0.3 is 0 Å². The van der Waals surface area contributed by atoms with E-state index in [1.807, 2.05) is 0 Å². The Hall–Kier alpha value is -2.94. The van der Waals surface area contributed by atoms with Crippen molar-refractivity contribution in [1.29, 1.82) is 0 Å². The van der Waals surface area contributed by atoms with Crippen molar-refractivity contribution in [2.45, 2.75) is 108 Å². The van der Waals surface area contributed by atoms with Gasteiger partial charge in [0, 0.05) is 11.8 Å². The van der Waals surface area contributed by atoms with Crippen LogP contribution in [0.25, 0.3) is 11.1 Å². The van der Waals surface area contributed by atoms with E-state index in [4.69, 9.17) is 32.7 Å². The van der Waals surface area contributed by atoms with E-state index in [-0.39, 0.29) is 0 Å². The fourth-order valence-electron chi connectivity index (χ4n) is 7.12. The molecule has 1 aliphatic carbocycles. The zero-order valence-corrected chi connectivity index (χ0v) is 30.0. The van der Waals surface area contributed by atoms with E-state index in [0.717, 1.165) is 48.7 Å². The Kier molecular flexibility index (Phi) is 13.5. The second-order valence-corrected chi connectivity index (χ2v) is 13.6. The van der Waals surface area contributed by atoms with E-state index in [9.17, 15) is 0 Å². The van der Waals surface area contributed by atoms with Gasteiger partial charge in [-0.25, -0.2) is 0 Å². The minimum Gasteiger partial charge on any atom is -0.494 e. The highest BCUT2D eigenvalue weighted by Crippen LogP contribution is 2.57. The molecule has 0 radical (unpaired) electrons. The molecular formula is C43H52Cl2O2. The zero-order valence-electron chi connectivity index (χ0n) is 28.5. The van der Waals surface area contributed by atoms with Crippen LogP contribution >= 0.6 is 23.2 Å². The van der Waals surface area contributed by atoms with Crippen LogP contribution in [0.15, 0.2) is 84.9 Å². The summed E-state index contributed by atoms with van der Waals surface area (Å²) >= 11 is 12.9. The summed E-state index contributed by atoms with van der Waals surface area (Å²) < 4.78 is 12.4. The van der Waals surface area contributed by atoms with Crippen molar-refractivity contribution in [2.24, 2.45) is 0 Å². The molecule has 0 unspecified atom stereocenters. The van der Waals surface area contributed by atoms with Gasteiger partial charge in [-0.2, -0.15) is 0 Å². The topological polar surface area (TPSA) is 18.5 Å². The molecule has 1 aliphatic rings. The van der Waals surface area contributed by atoms with E-state index in [0.29, 0.717) is 11.8 Å². The van der Waals surface area contributed by atoms with Gasteiger partial charge in [-0.1, -0.05) is 139 Å². The summed E-state index contributed by atoms with van der Waals surface area (Å²) in [5.41, 5.74) is 9.05. The van der Waals surface area contributed by atoms with Crippen LogP contribution in [0.2, 0.25) is 0 Å². The standard InChI is InChI=1S/C43H52Cl2O2/c1-3-5-7-9-11-13-27-46-37-21-17-35(18-22-37)43(36-19-23-38(24-20-36)47-28-14-12-10-8-6-4-2)41-29-33(31-44)15-25-39(41)40-26-16-34(32-45)30-42(40)43/h15-26,29-30H,3-14,27-28,31-32H2,1-2H3. The molecule has 0 atom stereocenters. The van der Waals surface area contributed by atoms with E-state index in [1.165, 1.54) is 97.6 Å². The Morgan fingerprint density at radius 1 is 0.468 bits per heavy atom. The van der Waals surface area contributed by atoms with Gasteiger partial charge in [-0.15, -0.1) is 23.2 Å². The van der Waals surface area contributed by atoms with E-state index in [1.54, 1.807) is 0 Å². The van der Waals surface area contributed by atoms with Gasteiger partial charge in [0.05, 0.1) is 18.6 Å². The van der Waals surface area contributed by atoms with Crippen LogP contribution < -0.4 is 9.47 Å². The molecule has 0 saturated heterocycles. The number of hydrogen-bond donors (Lipinski definition) is 0. The maximum atomic E-state index is 6.46. The third-order valence-corrected chi connectivity index (χ3v) is 10.3. The first-order chi connectivity index (χ1) is 23.1. The molecule has 0 saturated carbocycles. The average Bonchev–Trinajstić information content (AvgIpc) is 3.40. The number of hydrogen-bond acceptors (Lipinski definition) is 2. The van der Waals surface area contributed by atoms with Crippen LogP contribution in [-0.4, -0.2) is 13.2 Å². The minimum absolute atomic E-state index is 0.461. The Morgan fingerprint density at radius 2 is 0.851 bits per heavy atom. The van der Waals surface area contributed by atoms with Gasteiger partial charge in [0.25, 0.3) is 0 Å². The van der Waals surface area contributed by atoms with Crippen LogP contribution in [0.4, 0.5) is 0 Å². The van der Waals surface area contributed by atoms with Crippen LogP contribution in [0.1, 0.15) is 124 Å². The molecule has 0 aromatic heterocycles. The lowest BCUT2D eigenvalue weighted by atomic mass is 9.67. The maximum Gasteiger partial charge on any atom is 0.119 e. The Balaban J connectivity index is 1.47. The molecule has 0 N–H and O–H groups in total. The highest BCUT2D eigenvalue weighted by molar-refractivity contribution is 6.17. The number of benzene rings is 4. The molecule has 4 aromatic rings. The predicted octanol–water partition coefficient (Wildman–Crippen LogP) is 13.0. The first kappa shape index (κ1) is 35.4. The second-order valence-electron chi connectivity index (χ2n) is 13.1. The monoisotopic (exact) mass is 670 g/mol. The molecule has 5 rings (SSSR count). The fourth-order valence-corrected chi connectivity index (χ4v) is 7.45. The summed E-state index contributed by atoms with van der Waals surface area (Å²) in [6.07, 6.45) is 15.0. The van der Waals surface area contributed by atoms with Crippen molar-refractivity contribution in [3.05, 3.63) is 118 Å². The first-order valence-electron chi connectivity index (χ1n) is 18.0. The quantitative estimate of drug-likeness (QED) is 0.0606. The van der Waals surface area contributed by atoms with Gasteiger partial charge in [0.2, 0.25) is 0 Å². The Bertz CT molecular complexity index is 1410. The first-order valence-corrected chi connectivity index (χ1v) is 19.1. The lowest BCUT2D eigenvalue weighted by Gasteiger charge is -2.34. The number of fused-ring (bicyclic) bond motifs is 3. The lowest BCUT2D eigenvalue weighted by molar-refractivity contribution is 0.304. The van der Waals surface area contributed by atoms with Crippen LogP contribution in [0.5, 0.6) is 11.5 Å². The van der Waals surface area contributed by atoms with Gasteiger partial charge in [-0.3, -0.25) is 0 Å². The number of ether oxygens (including phenoxy) is 2. The summed E-state index contributed by atoms with van der Waals surface area (Å²) in [6, 6.07) is 30.9. The molecule has 250 valence electrons. The van der Waals surface area contributed by atoms with E-state index < -0.39 is 5.41 Å². The van der Waals surface area contributed by atoms with Crippen LogP contribution in [0.3, 0.4) is 0 Å². The molecule has 47 heavy (non-hydrogen) atoms. The maximum absolute atomic E-state index is 6.46. The summed E-state index contributed by atoms with van der Waals surface area (Å²) in [4.78, 5) is 0.